The molecule has 0 atom stereocenters. The van der Waals surface area contributed by atoms with E-state index in [9.17, 15) is 14.4 Å². The molecule has 0 fully saturated rings. The predicted octanol–water partition coefficient (Wildman–Crippen LogP) is 2.82. The molecule has 0 aliphatic rings. The molecule has 36 heavy (non-hydrogen) atoms. The number of hydrogen-bond acceptors (Lipinski definition) is 9. The highest BCUT2D eigenvalue weighted by atomic mass is 16.3. The van der Waals surface area contributed by atoms with Crippen molar-refractivity contribution < 1.29 is 18.8 Å². The molecule has 0 amide bonds. The first-order chi connectivity index (χ1) is 17.3. The molecule has 0 aliphatic carbocycles. The molecule has 194 valence electrons. The van der Waals surface area contributed by atoms with Gasteiger partial charge in [0.25, 0.3) is 0 Å². The zero-order chi connectivity index (χ0) is 26.6. The van der Waals surface area contributed by atoms with Gasteiger partial charge in [0.1, 0.15) is 17.3 Å². The molecule has 9 nitrogen and oxygen atoms in total. The highest BCUT2D eigenvalue weighted by Crippen LogP contribution is 2.00. The van der Waals surface area contributed by atoms with Gasteiger partial charge in [-0.2, -0.15) is 0 Å². The van der Waals surface area contributed by atoms with Gasteiger partial charge in [-0.05, 0) is 69.3 Å². The molecule has 2 N–H and O–H groups in total. The van der Waals surface area contributed by atoms with Gasteiger partial charge in [0, 0.05) is 50.0 Å². The second kappa shape index (κ2) is 18.8. The average molecular weight is 496 g/mol. The Morgan fingerprint density at radius 3 is 1.69 bits per heavy atom. The zero-order valence-electron chi connectivity index (χ0n) is 21.6. The largest absolute Gasteiger partial charge is 0.472 e. The number of rotatable bonds is 12. The van der Waals surface area contributed by atoms with E-state index in [0.29, 0.717) is 26.2 Å². The third kappa shape index (κ3) is 17.0. The summed E-state index contributed by atoms with van der Waals surface area (Å²) in [6.07, 6.45) is 10.3. The van der Waals surface area contributed by atoms with Crippen LogP contribution < -0.4 is 10.6 Å². The maximum absolute atomic E-state index is 10.8. The van der Waals surface area contributed by atoms with Crippen LogP contribution in [-0.2, 0) is 34.0 Å². The van der Waals surface area contributed by atoms with Crippen LogP contribution in [0.5, 0.6) is 0 Å². The van der Waals surface area contributed by atoms with Crippen molar-refractivity contribution in [3.63, 3.8) is 0 Å². The molecule has 0 bridgehead atoms. The van der Waals surface area contributed by atoms with Crippen LogP contribution in [0.25, 0.3) is 0 Å². The van der Waals surface area contributed by atoms with Crippen LogP contribution in [0.4, 0.5) is 0 Å². The van der Waals surface area contributed by atoms with Gasteiger partial charge in [0.05, 0.1) is 32.2 Å². The molecule has 3 aromatic rings. The van der Waals surface area contributed by atoms with Crippen LogP contribution in [-0.4, -0.2) is 58.9 Å². The molecule has 0 unspecified atom stereocenters. The van der Waals surface area contributed by atoms with Crippen molar-refractivity contribution in [2.45, 2.75) is 40.4 Å². The molecule has 3 heterocycles. The number of nitrogens with one attached hydrogen (secondary N) is 2. The summed E-state index contributed by atoms with van der Waals surface area (Å²) >= 11 is 0. The summed E-state index contributed by atoms with van der Waals surface area (Å²) in [5.74, 6) is 0.495. The highest BCUT2D eigenvalue weighted by Gasteiger charge is 2.02. The van der Waals surface area contributed by atoms with Crippen LogP contribution in [0, 0.1) is 0 Å². The van der Waals surface area contributed by atoms with E-state index in [1.807, 2.05) is 42.3 Å². The van der Waals surface area contributed by atoms with E-state index >= 15 is 0 Å². The molecule has 0 saturated carbocycles. The van der Waals surface area contributed by atoms with Gasteiger partial charge in [0.15, 0.2) is 0 Å². The van der Waals surface area contributed by atoms with Gasteiger partial charge < -0.3 is 15.1 Å². The second-order valence-electron chi connectivity index (χ2n) is 8.33. The summed E-state index contributed by atoms with van der Waals surface area (Å²) in [5, 5.41) is 6.00. The first-order valence-corrected chi connectivity index (χ1v) is 11.6. The fourth-order valence-corrected chi connectivity index (χ4v) is 2.90. The van der Waals surface area contributed by atoms with E-state index in [1.54, 1.807) is 58.1 Å². The Morgan fingerprint density at radius 1 is 0.750 bits per heavy atom. The van der Waals surface area contributed by atoms with Crippen LogP contribution in [0.2, 0.25) is 0 Å². The molecule has 0 aliphatic heterocycles. The summed E-state index contributed by atoms with van der Waals surface area (Å²) in [5.41, 5.74) is 3.39. The van der Waals surface area contributed by atoms with Gasteiger partial charge >= 0.3 is 0 Å². The number of likely N-dealkylation sites (N-methyl/N-ethyl adjacent to an activating group) is 1. The number of aromatic nitrogens is 2. The van der Waals surface area contributed by atoms with Crippen molar-refractivity contribution >= 4 is 17.3 Å². The van der Waals surface area contributed by atoms with E-state index in [0.717, 1.165) is 24.2 Å². The summed E-state index contributed by atoms with van der Waals surface area (Å²) in [4.78, 5) is 41.6. The minimum Gasteiger partial charge on any atom is -0.472 e. The molecule has 0 aromatic carbocycles. The first-order valence-electron chi connectivity index (χ1n) is 11.6. The SMILES string of the molecule is CC(=O)CN(C)Cc1ccncc1.CC(=O)CNCc1ccncc1.CC(=O)CNCc1ccoc1. The Balaban J connectivity index is 0.000000271. The molecule has 3 aromatic heterocycles. The lowest BCUT2D eigenvalue weighted by Crippen LogP contribution is -2.23. The second-order valence-corrected chi connectivity index (χ2v) is 8.33. The van der Waals surface area contributed by atoms with Crippen molar-refractivity contribution in [2.75, 3.05) is 26.7 Å². The number of ketones is 3. The molecule has 9 heteroatoms. The summed E-state index contributed by atoms with van der Waals surface area (Å²) in [6, 6.07) is 9.63. The highest BCUT2D eigenvalue weighted by molar-refractivity contribution is 5.78. The summed E-state index contributed by atoms with van der Waals surface area (Å²) in [7, 11) is 1.93. The minimum absolute atomic E-state index is 0.147. The zero-order valence-corrected chi connectivity index (χ0v) is 21.6. The number of carbonyl (C=O) groups excluding carboxylic acids is 3. The van der Waals surface area contributed by atoms with Gasteiger partial charge in [-0.1, -0.05) is 0 Å². The van der Waals surface area contributed by atoms with Gasteiger partial charge in [-0.25, -0.2) is 0 Å². The molecular weight excluding hydrogens is 458 g/mol. The maximum Gasteiger partial charge on any atom is 0.143 e. The Hall–Kier alpha value is -3.53. The monoisotopic (exact) mass is 495 g/mol. The molecular formula is C27H37N5O4. The average Bonchev–Trinajstić information content (AvgIpc) is 3.34. The van der Waals surface area contributed by atoms with Crippen molar-refractivity contribution in [3.05, 3.63) is 84.3 Å². The molecule has 0 saturated heterocycles. The predicted molar refractivity (Wildman–Crippen MR) is 139 cm³/mol. The Kier molecular flexibility index (Phi) is 15.9. The van der Waals surface area contributed by atoms with E-state index in [4.69, 9.17) is 4.42 Å². The molecule has 3 rings (SSSR count). The fourth-order valence-electron chi connectivity index (χ4n) is 2.90. The third-order valence-electron chi connectivity index (χ3n) is 4.43. The number of carbonyl (C=O) groups is 3. The standard InChI is InChI=1S/C10H14N2O.C9H12N2O.C8H11NO2/c1-9(13)7-12(2)8-10-3-5-11-6-4-10;1-8(12)6-11-7-9-2-4-10-5-3-9;1-7(10)4-9-5-8-2-3-11-6-8/h3-6H,7-8H2,1-2H3;2-5,11H,6-7H2,1H3;2-3,6,9H,4-5H2,1H3. The van der Waals surface area contributed by atoms with Crippen LogP contribution in [0.15, 0.2) is 72.1 Å². The number of pyridine rings is 2. The lowest BCUT2D eigenvalue weighted by atomic mass is 10.2. The van der Waals surface area contributed by atoms with Crippen LogP contribution in [0.1, 0.15) is 37.5 Å². The Labute approximate surface area is 213 Å². The first kappa shape index (κ1) is 30.5. The van der Waals surface area contributed by atoms with E-state index < -0.39 is 0 Å². The lowest BCUT2D eigenvalue weighted by Gasteiger charge is -2.13. The smallest absolute Gasteiger partial charge is 0.143 e. The quantitative estimate of drug-likeness (QED) is 0.391. The maximum atomic E-state index is 10.8. The van der Waals surface area contributed by atoms with Crippen molar-refractivity contribution in [1.29, 1.82) is 0 Å². The topological polar surface area (TPSA) is 117 Å². The number of furan rings is 1. The third-order valence-corrected chi connectivity index (χ3v) is 4.43. The van der Waals surface area contributed by atoms with Crippen molar-refractivity contribution in [3.8, 4) is 0 Å². The number of Topliss-reactive ketones (excluding diaryl/α,β-unsaturated/α-hetero) is 3. The van der Waals surface area contributed by atoms with Gasteiger partial charge in [0.2, 0.25) is 0 Å². The van der Waals surface area contributed by atoms with Gasteiger partial charge in [-0.3, -0.25) is 29.3 Å². The minimum atomic E-state index is 0.147. The normalized spacial score (nSPS) is 10.0. The molecule has 0 radical (unpaired) electrons. The number of hydrogen-bond donors (Lipinski definition) is 2. The lowest BCUT2D eigenvalue weighted by molar-refractivity contribution is -0.118. The Morgan fingerprint density at radius 2 is 1.25 bits per heavy atom. The van der Waals surface area contributed by atoms with E-state index in [1.165, 1.54) is 5.56 Å². The van der Waals surface area contributed by atoms with Crippen molar-refractivity contribution in [2.24, 2.45) is 0 Å². The van der Waals surface area contributed by atoms with Crippen LogP contribution >= 0.6 is 0 Å². The van der Waals surface area contributed by atoms with E-state index in [-0.39, 0.29) is 17.3 Å². The summed E-state index contributed by atoms with van der Waals surface area (Å²) < 4.78 is 4.85. The van der Waals surface area contributed by atoms with Crippen LogP contribution in [0.3, 0.4) is 0 Å². The Bertz CT molecular complexity index is 996. The van der Waals surface area contributed by atoms with Crippen molar-refractivity contribution in [1.82, 2.24) is 25.5 Å². The molecule has 0 spiro atoms. The summed E-state index contributed by atoms with van der Waals surface area (Å²) in [6.45, 7) is 8.29. The van der Waals surface area contributed by atoms with Gasteiger partial charge in [-0.15, -0.1) is 0 Å². The number of nitrogens with zero attached hydrogens (tertiary/aromatic N) is 3. The fraction of sp³-hybridized carbons (Fsp3) is 0.370. The van der Waals surface area contributed by atoms with E-state index in [2.05, 4.69) is 20.6 Å².